The summed E-state index contributed by atoms with van der Waals surface area (Å²) in [7, 11) is 0. The Balaban J connectivity index is 1.24. The van der Waals surface area contributed by atoms with Crippen molar-refractivity contribution in [1.82, 2.24) is 44.4 Å². The van der Waals surface area contributed by atoms with Crippen molar-refractivity contribution in [1.29, 1.82) is 0 Å². The predicted octanol–water partition coefficient (Wildman–Crippen LogP) is -1.35. The number of nitrogens with zero attached hydrogens (tertiary/aromatic N) is 6. The van der Waals surface area contributed by atoms with Gasteiger partial charge in [0.2, 0.25) is 0 Å². The van der Waals surface area contributed by atoms with E-state index in [4.69, 9.17) is 0 Å². The quantitative estimate of drug-likeness (QED) is 0.372. The summed E-state index contributed by atoms with van der Waals surface area (Å²) in [6.45, 7) is 2.28. The third-order valence-electron chi connectivity index (χ3n) is 6.35. The van der Waals surface area contributed by atoms with Crippen LogP contribution in [0.15, 0.2) is 73.6 Å². The van der Waals surface area contributed by atoms with Gasteiger partial charge in [0, 0.05) is 74.4 Å². The maximum atomic E-state index is 3.49. The molecule has 12 bridgehead atoms. The Morgan fingerprint density at radius 2 is 0.528 bits per heavy atom. The largest absolute Gasteiger partial charge is 0.353 e. The molecule has 36 heavy (non-hydrogen) atoms. The van der Waals surface area contributed by atoms with Crippen molar-refractivity contribution in [2.45, 2.75) is 0 Å². The SMILES string of the molecule is C1=CN2/C=c3\cc/c([nH]3)=C/N3C=CN(/C=c4/cc/c([nH]4)=C\N4C=CN(/C=c5/ccc([nH]5)=CN1C2)C4)C3. The second-order valence-electron chi connectivity index (χ2n) is 9.29. The van der Waals surface area contributed by atoms with Gasteiger partial charge in [-0.3, -0.25) is 0 Å². The minimum atomic E-state index is 0.759. The van der Waals surface area contributed by atoms with Crippen molar-refractivity contribution in [3.8, 4) is 0 Å². The van der Waals surface area contributed by atoms with E-state index in [1.165, 1.54) is 0 Å². The zero-order chi connectivity index (χ0) is 23.9. The van der Waals surface area contributed by atoms with Gasteiger partial charge in [0.25, 0.3) is 0 Å². The first-order valence-electron chi connectivity index (χ1n) is 12.0. The minimum absolute atomic E-state index is 0.759. The summed E-state index contributed by atoms with van der Waals surface area (Å²) in [5, 5.41) is 6.38. The molecule has 0 amide bonds. The second-order valence-corrected chi connectivity index (χ2v) is 9.29. The maximum absolute atomic E-state index is 3.49. The van der Waals surface area contributed by atoms with Crippen molar-refractivity contribution >= 4 is 37.2 Å². The Morgan fingerprint density at radius 3 is 0.722 bits per heavy atom. The van der Waals surface area contributed by atoms with Crippen LogP contribution in [0.1, 0.15) is 0 Å². The van der Waals surface area contributed by atoms with Crippen LogP contribution in [0.2, 0.25) is 0 Å². The molecular formula is C27H27N9. The number of nitrogens with one attached hydrogen (secondary N) is 3. The average molecular weight is 478 g/mol. The summed E-state index contributed by atoms with van der Waals surface area (Å²) in [5.74, 6) is 0. The van der Waals surface area contributed by atoms with E-state index >= 15 is 0 Å². The summed E-state index contributed by atoms with van der Waals surface area (Å²) < 4.78 is 0. The molecule has 0 spiro atoms. The molecule has 4 aliphatic heterocycles. The third-order valence-corrected chi connectivity index (χ3v) is 6.35. The molecule has 3 N–H and O–H groups in total. The molecule has 0 aromatic carbocycles. The van der Waals surface area contributed by atoms with E-state index < -0.39 is 0 Å². The highest BCUT2D eigenvalue weighted by atomic mass is 15.3. The Morgan fingerprint density at radius 1 is 0.333 bits per heavy atom. The van der Waals surface area contributed by atoms with E-state index in [9.17, 15) is 0 Å². The van der Waals surface area contributed by atoms with Gasteiger partial charge < -0.3 is 44.4 Å². The highest BCUT2D eigenvalue weighted by Crippen LogP contribution is 2.09. The molecule has 180 valence electrons. The first kappa shape index (κ1) is 20.5. The van der Waals surface area contributed by atoms with Gasteiger partial charge in [0.15, 0.2) is 0 Å². The van der Waals surface area contributed by atoms with Crippen LogP contribution in [-0.2, 0) is 0 Å². The van der Waals surface area contributed by atoms with Gasteiger partial charge >= 0.3 is 0 Å². The smallest absolute Gasteiger partial charge is 0.0979 e. The average Bonchev–Trinajstić information content (AvgIpc) is 3.68. The van der Waals surface area contributed by atoms with Gasteiger partial charge in [-0.25, -0.2) is 0 Å². The predicted molar refractivity (Wildman–Crippen MR) is 140 cm³/mol. The molecule has 7 heterocycles. The topological polar surface area (TPSA) is 66.8 Å². The van der Waals surface area contributed by atoms with Gasteiger partial charge in [0.05, 0.1) is 52.1 Å². The highest BCUT2D eigenvalue weighted by molar-refractivity contribution is 5.33. The zero-order valence-electron chi connectivity index (χ0n) is 19.7. The van der Waals surface area contributed by atoms with Gasteiger partial charge in [-0.05, 0) is 36.4 Å². The molecule has 3 aromatic heterocycles. The minimum Gasteiger partial charge on any atom is -0.353 e. The van der Waals surface area contributed by atoms with Gasteiger partial charge in [-0.1, -0.05) is 0 Å². The summed E-state index contributed by atoms with van der Waals surface area (Å²) >= 11 is 0. The fraction of sp³-hybridized carbons (Fsp3) is 0.111. The normalized spacial score (nSPS) is 23.1. The van der Waals surface area contributed by atoms with Gasteiger partial charge in [0.1, 0.15) is 0 Å². The second kappa shape index (κ2) is 8.38. The number of H-pyrrole nitrogens is 3. The lowest BCUT2D eigenvalue weighted by molar-refractivity contribution is 0.435. The molecule has 0 unspecified atom stereocenters. The molecular weight excluding hydrogens is 450 g/mol. The van der Waals surface area contributed by atoms with Crippen LogP contribution >= 0.6 is 0 Å². The number of aromatic amines is 3. The fourth-order valence-electron chi connectivity index (χ4n) is 4.68. The monoisotopic (exact) mass is 477 g/mol. The van der Waals surface area contributed by atoms with Crippen molar-refractivity contribution in [2.24, 2.45) is 0 Å². The van der Waals surface area contributed by atoms with Crippen LogP contribution in [0.5, 0.6) is 0 Å². The Kier molecular flexibility index (Phi) is 4.76. The lowest BCUT2D eigenvalue weighted by atomic mass is 10.5. The molecule has 9 nitrogen and oxygen atoms in total. The van der Waals surface area contributed by atoms with E-state index in [2.05, 4.69) is 155 Å². The molecule has 3 aromatic rings. The Bertz CT molecular complexity index is 1410. The van der Waals surface area contributed by atoms with E-state index in [0.29, 0.717) is 0 Å². The molecule has 0 fully saturated rings. The van der Waals surface area contributed by atoms with Crippen molar-refractivity contribution in [2.75, 3.05) is 20.0 Å². The van der Waals surface area contributed by atoms with E-state index in [1.54, 1.807) is 0 Å². The van der Waals surface area contributed by atoms with E-state index in [-0.39, 0.29) is 0 Å². The third kappa shape index (κ3) is 4.29. The number of aromatic nitrogens is 3. The van der Waals surface area contributed by atoms with Crippen molar-refractivity contribution in [3.63, 3.8) is 0 Å². The van der Waals surface area contributed by atoms with Crippen LogP contribution in [0.25, 0.3) is 37.2 Å². The first-order chi connectivity index (χ1) is 17.7. The molecule has 9 heteroatoms. The number of fused-ring (bicyclic) bond motifs is 12. The zero-order valence-corrected chi connectivity index (χ0v) is 19.7. The lowest BCUT2D eigenvalue weighted by Gasteiger charge is -2.14. The number of hydrogen-bond donors (Lipinski definition) is 3. The molecule has 0 aliphatic carbocycles. The van der Waals surface area contributed by atoms with Crippen LogP contribution < -0.4 is 32.1 Å². The molecule has 0 atom stereocenters. The van der Waals surface area contributed by atoms with Crippen LogP contribution in [0, 0.1) is 0 Å². The summed E-state index contributed by atoms with van der Waals surface area (Å²) in [6, 6.07) is 12.6. The van der Waals surface area contributed by atoms with Crippen LogP contribution in [0.3, 0.4) is 0 Å². The Hall–Kier alpha value is -4.92. The molecule has 0 radical (unpaired) electrons. The number of hydrogen-bond acceptors (Lipinski definition) is 6. The standard InChI is InChI=1S/C27H27N9/c1-2-23-14-32-9-10-34(20-32)16-25-5-6-27(30-25)18-36-12-11-35(21-36)17-26-4-3-24(29-26)15-33-8-7-31(19-33)13-22(1)28-23/h1-18,28-30H,19-21H2/b22-13-,23-14+,24-15-,25-16-,26-17+,27-18?. The fourth-order valence-corrected chi connectivity index (χ4v) is 4.68. The highest BCUT2D eigenvalue weighted by Gasteiger charge is 2.10. The van der Waals surface area contributed by atoms with Gasteiger partial charge in [-0.2, -0.15) is 0 Å². The summed E-state index contributed by atoms with van der Waals surface area (Å²) in [6.07, 6.45) is 25.3. The lowest BCUT2D eigenvalue weighted by Crippen LogP contribution is -2.25. The molecule has 0 saturated carbocycles. The van der Waals surface area contributed by atoms with E-state index in [0.717, 1.165) is 52.1 Å². The number of rotatable bonds is 0. The maximum Gasteiger partial charge on any atom is 0.0979 e. The van der Waals surface area contributed by atoms with Crippen molar-refractivity contribution < 1.29 is 0 Å². The molecule has 0 saturated heterocycles. The van der Waals surface area contributed by atoms with Crippen LogP contribution in [-0.4, -0.2) is 64.4 Å². The van der Waals surface area contributed by atoms with Gasteiger partial charge in [-0.15, -0.1) is 0 Å². The summed E-state index contributed by atoms with van der Waals surface area (Å²) in [5.41, 5.74) is 0. The summed E-state index contributed by atoms with van der Waals surface area (Å²) in [4.78, 5) is 23.5. The van der Waals surface area contributed by atoms with Crippen LogP contribution in [0.4, 0.5) is 0 Å². The van der Waals surface area contributed by atoms with Crippen molar-refractivity contribution in [3.05, 3.63) is 106 Å². The first-order valence-corrected chi connectivity index (χ1v) is 12.0. The van der Waals surface area contributed by atoms with E-state index in [1.807, 2.05) is 0 Å². The Labute approximate surface area is 207 Å². The molecule has 4 aliphatic rings. The molecule has 7 rings (SSSR count).